The average molecular weight is 380 g/mol. The van der Waals surface area contributed by atoms with Gasteiger partial charge >= 0.3 is 5.97 Å². The highest BCUT2D eigenvalue weighted by Gasteiger charge is 2.65. The number of aryl methyl sites for hydroxylation is 2. The molecule has 2 atom stereocenters. The van der Waals surface area contributed by atoms with E-state index < -0.39 is 22.7 Å². The van der Waals surface area contributed by atoms with Gasteiger partial charge in [-0.25, -0.2) is 0 Å². The Balaban J connectivity index is 2.17. The molecule has 2 aromatic rings. The number of aliphatic carboxylic acids is 1. The lowest BCUT2D eigenvalue weighted by atomic mass is 9.64. The lowest BCUT2D eigenvalue weighted by Gasteiger charge is -2.37. The number of carbonyl (C=O) groups is 1. The molecule has 2 aromatic carbocycles. The predicted octanol–water partition coefficient (Wildman–Crippen LogP) is 4.67. The molecule has 1 unspecified atom stereocenters. The summed E-state index contributed by atoms with van der Waals surface area (Å²) in [4.78, 5) is 12.7. The van der Waals surface area contributed by atoms with Crippen LogP contribution in [-0.2, 0) is 21.0 Å². The van der Waals surface area contributed by atoms with Gasteiger partial charge in [0.25, 0.3) is 0 Å². The fourth-order valence-corrected chi connectivity index (χ4v) is 6.06. The van der Waals surface area contributed by atoms with Crippen molar-refractivity contribution in [3.05, 3.63) is 57.6 Å². The molecule has 2 aliphatic rings. The molecule has 4 heteroatoms. The molecule has 0 saturated heterocycles. The van der Waals surface area contributed by atoms with Gasteiger partial charge in [-0.05, 0) is 71.2 Å². The number of benzene rings is 2. The molecular formula is C24H28O4. The number of phenolic OH excluding ortho intramolecular Hbond substituents is 2. The smallest absolute Gasteiger partial charge is 0.308 e. The van der Waals surface area contributed by atoms with Gasteiger partial charge in [0.1, 0.15) is 11.5 Å². The highest BCUT2D eigenvalue weighted by atomic mass is 16.4. The number of carboxylic acid groups (broad SMARTS) is 1. The third kappa shape index (κ3) is 2.09. The second kappa shape index (κ2) is 5.31. The first-order valence-corrected chi connectivity index (χ1v) is 9.76. The molecule has 28 heavy (non-hydrogen) atoms. The zero-order chi connectivity index (χ0) is 20.8. The Labute approximate surface area is 165 Å². The average Bonchev–Trinajstić information content (AvgIpc) is 2.88. The molecule has 0 heterocycles. The molecule has 148 valence electrons. The highest BCUT2D eigenvalue weighted by molar-refractivity contribution is 5.81. The third-order valence-corrected chi connectivity index (χ3v) is 7.24. The number of phenols is 2. The van der Waals surface area contributed by atoms with Gasteiger partial charge in [-0.2, -0.15) is 0 Å². The summed E-state index contributed by atoms with van der Waals surface area (Å²) in [5.41, 5.74) is 3.69. The zero-order valence-electron chi connectivity index (χ0n) is 17.3. The van der Waals surface area contributed by atoms with Crippen LogP contribution in [0.1, 0.15) is 67.5 Å². The molecule has 0 amide bonds. The molecule has 0 saturated carbocycles. The first kappa shape index (κ1) is 18.9. The summed E-state index contributed by atoms with van der Waals surface area (Å²) in [6, 6.07) is 7.46. The van der Waals surface area contributed by atoms with E-state index in [0.29, 0.717) is 6.42 Å². The van der Waals surface area contributed by atoms with Gasteiger partial charge in [-0.3, -0.25) is 4.79 Å². The van der Waals surface area contributed by atoms with Gasteiger partial charge < -0.3 is 15.3 Å². The predicted molar refractivity (Wildman–Crippen MR) is 108 cm³/mol. The topological polar surface area (TPSA) is 77.8 Å². The number of aromatic hydroxyl groups is 2. The van der Waals surface area contributed by atoms with Crippen molar-refractivity contribution in [1.29, 1.82) is 0 Å². The quantitative estimate of drug-likeness (QED) is 0.672. The van der Waals surface area contributed by atoms with Gasteiger partial charge in [0.05, 0.1) is 5.92 Å². The van der Waals surface area contributed by atoms with E-state index in [1.54, 1.807) is 12.1 Å². The Morgan fingerprint density at radius 3 is 1.82 bits per heavy atom. The van der Waals surface area contributed by atoms with E-state index in [0.717, 1.165) is 33.4 Å². The van der Waals surface area contributed by atoms with E-state index in [4.69, 9.17) is 0 Å². The number of hydrogen-bond acceptors (Lipinski definition) is 3. The summed E-state index contributed by atoms with van der Waals surface area (Å²) in [5, 5.41) is 31.4. The van der Waals surface area contributed by atoms with Crippen LogP contribution in [0.2, 0.25) is 0 Å². The molecule has 0 aromatic heterocycles. The summed E-state index contributed by atoms with van der Waals surface area (Å²) in [7, 11) is 0. The third-order valence-electron chi connectivity index (χ3n) is 7.24. The van der Waals surface area contributed by atoms with Gasteiger partial charge in [0.15, 0.2) is 0 Å². The van der Waals surface area contributed by atoms with Crippen molar-refractivity contribution in [2.75, 3.05) is 0 Å². The standard InChI is InChI=1S/C24H28O4/c1-12-7-14-16(9-18(12)25)24(11-22(14,3)4)17-10-19(26)13(2)8-15(17)23(5,6)20(24)21(27)28/h7-10,20,25-26H,11H2,1-6H3,(H,27,28)/t20?,24-/m0/s1. The zero-order valence-corrected chi connectivity index (χ0v) is 17.3. The molecule has 3 N–H and O–H groups in total. The van der Waals surface area contributed by atoms with Crippen LogP contribution >= 0.6 is 0 Å². The Morgan fingerprint density at radius 1 is 0.857 bits per heavy atom. The van der Waals surface area contributed by atoms with Crippen LogP contribution in [0.25, 0.3) is 0 Å². The van der Waals surface area contributed by atoms with Crippen molar-refractivity contribution in [1.82, 2.24) is 0 Å². The molecule has 2 aliphatic carbocycles. The van der Waals surface area contributed by atoms with E-state index in [-0.39, 0.29) is 16.9 Å². The van der Waals surface area contributed by atoms with Crippen LogP contribution < -0.4 is 0 Å². The monoisotopic (exact) mass is 380 g/mol. The van der Waals surface area contributed by atoms with E-state index in [1.807, 2.05) is 39.8 Å². The summed E-state index contributed by atoms with van der Waals surface area (Å²) >= 11 is 0. The molecule has 0 aliphatic heterocycles. The minimum Gasteiger partial charge on any atom is -0.508 e. The van der Waals surface area contributed by atoms with E-state index >= 15 is 0 Å². The summed E-state index contributed by atoms with van der Waals surface area (Å²) in [5.74, 6) is -1.18. The van der Waals surface area contributed by atoms with Crippen molar-refractivity contribution in [3.63, 3.8) is 0 Å². The molecular weight excluding hydrogens is 352 g/mol. The second-order valence-electron chi connectivity index (χ2n) is 9.89. The van der Waals surface area contributed by atoms with E-state index in [9.17, 15) is 20.1 Å². The second-order valence-corrected chi connectivity index (χ2v) is 9.89. The number of hydrogen-bond donors (Lipinski definition) is 3. The highest BCUT2D eigenvalue weighted by Crippen LogP contribution is 2.66. The number of rotatable bonds is 1. The van der Waals surface area contributed by atoms with Crippen molar-refractivity contribution in [2.24, 2.45) is 5.92 Å². The normalized spacial score (nSPS) is 26.3. The summed E-state index contributed by atoms with van der Waals surface area (Å²) < 4.78 is 0. The Hall–Kier alpha value is -2.49. The molecule has 0 radical (unpaired) electrons. The maximum atomic E-state index is 12.7. The van der Waals surface area contributed by atoms with Crippen molar-refractivity contribution >= 4 is 5.97 Å². The molecule has 4 rings (SSSR count). The van der Waals surface area contributed by atoms with Crippen molar-refractivity contribution < 1.29 is 20.1 Å². The maximum absolute atomic E-state index is 12.7. The van der Waals surface area contributed by atoms with Gasteiger partial charge in [-0.1, -0.05) is 39.8 Å². The lowest BCUT2D eigenvalue weighted by Crippen LogP contribution is -2.43. The van der Waals surface area contributed by atoms with Crippen LogP contribution in [-0.4, -0.2) is 21.3 Å². The molecule has 0 bridgehead atoms. The van der Waals surface area contributed by atoms with Crippen LogP contribution in [0.3, 0.4) is 0 Å². The largest absolute Gasteiger partial charge is 0.508 e. The molecule has 4 nitrogen and oxygen atoms in total. The molecule has 0 fully saturated rings. The maximum Gasteiger partial charge on any atom is 0.308 e. The number of carboxylic acids is 1. The number of fused-ring (bicyclic) bond motifs is 4. The summed E-state index contributed by atoms with van der Waals surface area (Å²) in [6.07, 6.45) is 0.619. The Bertz CT molecular complexity index is 1020. The van der Waals surface area contributed by atoms with Crippen molar-refractivity contribution in [2.45, 2.75) is 64.2 Å². The van der Waals surface area contributed by atoms with Crippen LogP contribution in [0.5, 0.6) is 11.5 Å². The van der Waals surface area contributed by atoms with Gasteiger partial charge in [-0.15, -0.1) is 0 Å². The van der Waals surface area contributed by atoms with Crippen LogP contribution in [0.4, 0.5) is 0 Å². The Morgan fingerprint density at radius 2 is 1.32 bits per heavy atom. The first-order valence-electron chi connectivity index (χ1n) is 9.76. The summed E-state index contributed by atoms with van der Waals surface area (Å²) in [6.45, 7) is 11.9. The first-order chi connectivity index (χ1) is 12.8. The molecule has 1 spiro atoms. The Kier molecular flexibility index (Phi) is 3.58. The lowest BCUT2D eigenvalue weighted by molar-refractivity contribution is -0.146. The van der Waals surface area contributed by atoms with E-state index in [1.165, 1.54) is 0 Å². The van der Waals surface area contributed by atoms with Crippen LogP contribution in [0.15, 0.2) is 24.3 Å². The van der Waals surface area contributed by atoms with Crippen molar-refractivity contribution in [3.8, 4) is 11.5 Å². The fraction of sp³-hybridized carbons (Fsp3) is 0.458. The van der Waals surface area contributed by atoms with Gasteiger partial charge in [0, 0.05) is 10.8 Å². The SMILES string of the molecule is Cc1cc2c(cc1O)[C@@]1(CC2(C)C)c2cc(O)c(C)cc2C(C)(C)C1C(=O)O. The van der Waals surface area contributed by atoms with E-state index in [2.05, 4.69) is 13.8 Å². The minimum atomic E-state index is -0.845. The van der Waals surface area contributed by atoms with Gasteiger partial charge in [0.2, 0.25) is 0 Å². The fourth-order valence-electron chi connectivity index (χ4n) is 6.06. The van der Waals surface area contributed by atoms with Crippen LogP contribution in [0, 0.1) is 19.8 Å². The minimum absolute atomic E-state index is 0.183.